The van der Waals surface area contributed by atoms with E-state index < -0.39 is 23.4 Å². The van der Waals surface area contributed by atoms with Crippen molar-refractivity contribution in [1.29, 1.82) is 0 Å². The third-order valence-corrected chi connectivity index (χ3v) is 4.97. The summed E-state index contributed by atoms with van der Waals surface area (Å²) < 4.78 is 65.7. The molecule has 1 heterocycles. The molecule has 1 aliphatic rings. The number of likely N-dealkylation sites (N-methyl/N-ethyl adjacent to an activating group) is 1. The Morgan fingerprint density at radius 2 is 1.81 bits per heavy atom. The first-order valence-electron chi connectivity index (χ1n) is 8.48. The van der Waals surface area contributed by atoms with E-state index in [0.29, 0.717) is 18.7 Å². The molecule has 8 heteroatoms. The third kappa shape index (κ3) is 4.22. The monoisotopic (exact) mass is 385 g/mol. The zero-order valence-corrected chi connectivity index (χ0v) is 14.7. The maximum Gasteiger partial charge on any atom is 0.419 e. The molecule has 146 valence electrons. The predicted molar refractivity (Wildman–Crippen MR) is 93.1 cm³/mol. The minimum atomic E-state index is -4.71. The zero-order valence-electron chi connectivity index (χ0n) is 14.7. The van der Waals surface area contributed by atoms with E-state index in [1.165, 1.54) is 18.2 Å². The van der Waals surface area contributed by atoms with Crippen molar-refractivity contribution in [2.75, 3.05) is 25.9 Å². The molecule has 3 rings (SSSR count). The number of nitrogens with two attached hydrogens (primary N) is 1. The number of nitrogens with one attached hydrogen (secondary N) is 1. The van der Waals surface area contributed by atoms with E-state index in [2.05, 4.69) is 5.32 Å². The molecule has 27 heavy (non-hydrogen) atoms. The molecular formula is C19H20F5N3. The van der Waals surface area contributed by atoms with Gasteiger partial charge in [0.15, 0.2) is 0 Å². The molecule has 3 nitrogen and oxygen atoms in total. The normalized spacial score (nSPS) is 20.4. The van der Waals surface area contributed by atoms with E-state index in [9.17, 15) is 22.0 Å². The first-order valence-corrected chi connectivity index (χ1v) is 8.48. The molecule has 2 atom stereocenters. The van der Waals surface area contributed by atoms with Crippen LogP contribution in [-0.2, 0) is 12.7 Å². The fraction of sp³-hybridized carbons (Fsp3) is 0.368. The van der Waals surface area contributed by atoms with Gasteiger partial charge in [-0.3, -0.25) is 4.90 Å². The Balaban J connectivity index is 1.76. The second-order valence-corrected chi connectivity index (χ2v) is 6.84. The standard InChI is InChI=1S/C19H20F5N3/c1-27(10-11-2-4-14(15(20)6-11)19(22,23)24)18-9-26-8-13(18)12-3-5-17(25)16(21)7-12/h2-7,13,18,26H,8-10,25H2,1H3/t13-,18+/m1/s1. The van der Waals surface area contributed by atoms with Crippen molar-refractivity contribution in [2.45, 2.75) is 24.7 Å². The third-order valence-electron chi connectivity index (χ3n) is 4.97. The van der Waals surface area contributed by atoms with Crippen LogP contribution in [0.5, 0.6) is 0 Å². The van der Waals surface area contributed by atoms with Gasteiger partial charge >= 0.3 is 6.18 Å². The Morgan fingerprint density at radius 3 is 2.44 bits per heavy atom. The summed E-state index contributed by atoms with van der Waals surface area (Å²) in [6.07, 6.45) is -4.71. The topological polar surface area (TPSA) is 41.3 Å². The maximum atomic E-state index is 13.8. The highest BCUT2D eigenvalue weighted by Crippen LogP contribution is 2.32. The Morgan fingerprint density at radius 1 is 1.07 bits per heavy atom. The van der Waals surface area contributed by atoms with E-state index in [1.807, 2.05) is 11.9 Å². The van der Waals surface area contributed by atoms with Gasteiger partial charge in [-0.15, -0.1) is 0 Å². The predicted octanol–water partition coefficient (Wildman–Crippen LogP) is 3.75. The van der Waals surface area contributed by atoms with Crippen molar-refractivity contribution in [2.24, 2.45) is 0 Å². The summed E-state index contributed by atoms with van der Waals surface area (Å²) in [5.74, 6) is -1.77. The second-order valence-electron chi connectivity index (χ2n) is 6.84. The lowest BCUT2D eigenvalue weighted by Crippen LogP contribution is -2.36. The van der Waals surface area contributed by atoms with Crippen molar-refractivity contribution in [3.63, 3.8) is 0 Å². The summed E-state index contributed by atoms with van der Waals surface area (Å²) >= 11 is 0. The lowest BCUT2D eigenvalue weighted by atomic mass is 9.93. The largest absolute Gasteiger partial charge is 0.419 e. The van der Waals surface area contributed by atoms with Gasteiger partial charge < -0.3 is 11.1 Å². The van der Waals surface area contributed by atoms with Gasteiger partial charge in [0.05, 0.1) is 11.3 Å². The van der Waals surface area contributed by atoms with Crippen LogP contribution in [0, 0.1) is 11.6 Å². The van der Waals surface area contributed by atoms with Crippen LogP contribution in [0.2, 0.25) is 0 Å². The van der Waals surface area contributed by atoms with Crippen LogP contribution in [0.25, 0.3) is 0 Å². The number of hydrogen-bond acceptors (Lipinski definition) is 3. The molecule has 3 N–H and O–H groups in total. The molecule has 1 aliphatic heterocycles. The van der Waals surface area contributed by atoms with Gasteiger partial charge in [-0.2, -0.15) is 13.2 Å². The van der Waals surface area contributed by atoms with Gasteiger partial charge in [-0.25, -0.2) is 8.78 Å². The van der Waals surface area contributed by atoms with E-state index in [0.717, 1.165) is 17.7 Å². The van der Waals surface area contributed by atoms with Crippen molar-refractivity contribution in [1.82, 2.24) is 10.2 Å². The first-order chi connectivity index (χ1) is 12.7. The average molecular weight is 385 g/mol. The van der Waals surface area contributed by atoms with Gasteiger partial charge in [-0.05, 0) is 42.4 Å². The molecule has 0 spiro atoms. The number of nitrogens with zero attached hydrogens (tertiary/aromatic N) is 1. The Kier molecular flexibility index (Phi) is 5.39. The Bertz CT molecular complexity index is 821. The molecule has 2 aromatic carbocycles. The quantitative estimate of drug-likeness (QED) is 0.622. The SMILES string of the molecule is CN(Cc1ccc(C(F)(F)F)c(F)c1)[C@H]1CNC[C@@H]1c1ccc(N)c(F)c1. The molecule has 0 unspecified atom stereocenters. The highest BCUT2D eigenvalue weighted by Gasteiger charge is 2.35. The van der Waals surface area contributed by atoms with E-state index in [-0.39, 0.29) is 24.2 Å². The number of alkyl halides is 3. The van der Waals surface area contributed by atoms with Crippen molar-refractivity contribution >= 4 is 5.69 Å². The number of anilines is 1. The lowest BCUT2D eigenvalue weighted by molar-refractivity contribution is -0.140. The Hall–Kier alpha value is -2.19. The van der Waals surface area contributed by atoms with Crippen LogP contribution < -0.4 is 11.1 Å². The molecule has 0 aromatic heterocycles. The highest BCUT2D eigenvalue weighted by molar-refractivity contribution is 5.43. The molecule has 0 amide bonds. The van der Waals surface area contributed by atoms with Crippen molar-refractivity contribution < 1.29 is 22.0 Å². The van der Waals surface area contributed by atoms with Crippen molar-refractivity contribution in [3.8, 4) is 0 Å². The molecule has 0 saturated carbocycles. The number of rotatable bonds is 4. The molecule has 1 saturated heterocycles. The van der Waals surface area contributed by atoms with Gasteiger partial charge in [0.25, 0.3) is 0 Å². The molecule has 2 aromatic rings. The number of halogens is 5. The van der Waals surface area contributed by atoms with Crippen LogP contribution in [0.15, 0.2) is 36.4 Å². The van der Waals surface area contributed by atoms with Gasteiger partial charge in [-0.1, -0.05) is 12.1 Å². The summed E-state index contributed by atoms with van der Waals surface area (Å²) in [7, 11) is 1.81. The molecule has 0 aliphatic carbocycles. The molecule has 0 bridgehead atoms. The lowest BCUT2D eigenvalue weighted by Gasteiger charge is -2.29. The highest BCUT2D eigenvalue weighted by atomic mass is 19.4. The fourth-order valence-corrected chi connectivity index (χ4v) is 3.53. The molecule has 1 fully saturated rings. The van der Waals surface area contributed by atoms with Crippen LogP contribution in [0.1, 0.15) is 22.6 Å². The van der Waals surface area contributed by atoms with Crippen LogP contribution in [0.3, 0.4) is 0 Å². The van der Waals surface area contributed by atoms with Gasteiger partial charge in [0.1, 0.15) is 11.6 Å². The van der Waals surface area contributed by atoms with Crippen LogP contribution in [-0.4, -0.2) is 31.1 Å². The van der Waals surface area contributed by atoms with E-state index in [4.69, 9.17) is 5.73 Å². The molecule has 0 radical (unpaired) electrons. The van der Waals surface area contributed by atoms with E-state index >= 15 is 0 Å². The molecular weight excluding hydrogens is 365 g/mol. The maximum absolute atomic E-state index is 13.8. The van der Waals surface area contributed by atoms with E-state index in [1.54, 1.807) is 6.07 Å². The minimum Gasteiger partial charge on any atom is -0.396 e. The van der Waals surface area contributed by atoms with Gasteiger partial charge in [0.2, 0.25) is 0 Å². The summed E-state index contributed by atoms with van der Waals surface area (Å²) in [4.78, 5) is 1.93. The zero-order chi connectivity index (χ0) is 19.8. The van der Waals surface area contributed by atoms with Gasteiger partial charge in [0, 0.05) is 31.6 Å². The smallest absolute Gasteiger partial charge is 0.396 e. The van der Waals surface area contributed by atoms with Crippen molar-refractivity contribution in [3.05, 3.63) is 64.7 Å². The summed E-state index contributed by atoms with van der Waals surface area (Å²) in [5.41, 5.74) is 5.57. The van der Waals surface area contributed by atoms with Crippen LogP contribution in [0.4, 0.5) is 27.6 Å². The first kappa shape index (κ1) is 19.6. The summed E-state index contributed by atoms with van der Waals surface area (Å²) in [5, 5.41) is 3.24. The second kappa shape index (κ2) is 7.44. The number of nitrogen functional groups attached to an aromatic ring is 1. The Labute approximate surface area is 154 Å². The fourth-order valence-electron chi connectivity index (χ4n) is 3.53. The summed E-state index contributed by atoms with van der Waals surface area (Å²) in [6.45, 7) is 1.55. The summed E-state index contributed by atoms with van der Waals surface area (Å²) in [6, 6.07) is 7.64. The number of benzene rings is 2. The minimum absolute atomic E-state index is 0.00982. The number of hydrogen-bond donors (Lipinski definition) is 2. The van der Waals surface area contributed by atoms with Crippen LogP contribution >= 0.6 is 0 Å². The average Bonchev–Trinajstić information content (AvgIpc) is 3.06.